The zero-order valence-electron chi connectivity index (χ0n) is 14.7. The van der Waals surface area contributed by atoms with Gasteiger partial charge < -0.3 is 10.6 Å². The molecule has 3 N–H and O–H groups in total. The van der Waals surface area contributed by atoms with Gasteiger partial charge in [-0.1, -0.05) is 58.4 Å². The molecule has 0 aliphatic heterocycles. The van der Waals surface area contributed by atoms with Crippen LogP contribution in [-0.4, -0.2) is 35.1 Å². The van der Waals surface area contributed by atoms with Crippen LogP contribution in [0.25, 0.3) is 11.3 Å². The molecule has 0 saturated heterocycles. The summed E-state index contributed by atoms with van der Waals surface area (Å²) in [6, 6.07) is 18.2. The number of carbonyl (C=O) groups excluding carboxylic acids is 2. The molecule has 0 spiro atoms. The minimum atomic E-state index is -0.688. The number of nitrogens with one attached hydrogen (secondary N) is 3. The second-order valence-electron chi connectivity index (χ2n) is 6.00. The molecule has 7 heteroatoms. The van der Waals surface area contributed by atoms with Crippen molar-refractivity contribution in [3.8, 4) is 11.3 Å². The van der Waals surface area contributed by atoms with Gasteiger partial charge in [-0.2, -0.15) is 5.10 Å². The molecular formula is C20H19BrN4O2. The van der Waals surface area contributed by atoms with Gasteiger partial charge in [0.1, 0.15) is 11.7 Å². The number of hydrogen-bond acceptors (Lipinski definition) is 3. The highest BCUT2D eigenvalue weighted by molar-refractivity contribution is 9.10. The van der Waals surface area contributed by atoms with E-state index in [-0.39, 0.29) is 11.8 Å². The van der Waals surface area contributed by atoms with Crippen molar-refractivity contribution < 1.29 is 9.59 Å². The molecule has 2 aromatic carbocycles. The highest BCUT2D eigenvalue weighted by Gasteiger charge is 2.22. The first kappa shape index (κ1) is 18.8. The third-order valence-electron chi connectivity index (χ3n) is 4.11. The van der Waals surface area contributed by atoms with E-state index in [0.717, 1.165) is 15.6 Å². The summed E-state index contributed by atoms with van der Waals surface area (Å²) in [5.74, 6) is -0.635. The Morgan fingerprint density at radius 2 is 1.81 bits per heavy atom. The lowest BCUT2D eigenvalue weighted by Crippen LogP contribution is -2.47. The number of benzene rings is 2. The molecule has 1 atom stereocenters. The lowest BCUT2D eigenvalue weighted by molar-refractivity contribution is -0.122. The molecule has 1 aromatic heterocycles. The molecule has 2 amide bonds. The van der Waals surface area contributed by atoms with E-state index in [9.17, 15) is 9.59 Å². The minimum absolute atomic E-state index is 0.255. The lowest BCUT2D eigenvalue weighted by atomic mass is 10.1. The average Bonchev–Trinajstić information content (AvgIpc) is 3.19. The summed E-state index contributed by atoms with van der Waals surface area (Å²) in [4.78, 5) is 24.8. The third-order valence-corrected chi connectivity index (χ3v) is 4.64. The van der Waals surface area contributed by atoms with Crippen LogP contribution in [0.4, 0.5) is 0 Å². The fourth-order valence-electron chi connectivity index (χ4n) is 2.67. The number of hydrogen-bond donors (Lipinski definition) is 3. The molecule has 0 bridgehead atoms. The largest absolute Gasteiger partial charge is 0.357 e. The van der Waals surface area contributed by atoms with Gasteiger partial charge in [0.25, 0.3) is 5.91 Å². The molecule has 6 nitrogen and oxygen atoms in total. The smallest absolute Gasteiger partial charge is 0.269 e. The van der Waals surface area contributed by atoms with Crippen LogP contribution in [0.15, 0.2) is 65.1 Å². The molecule has 27 heavy (non-hydrogen) atoms. The first-order chi connectivity index (χ1) is 13.1. The molecule has 0 saturated carbocycles. The molecule has 3 rings (SSSR count). The van der Waals surface area contributed by atoms with E-state index >= 15 is 0 Å². The standard InChI is InChI=1S/C20H19BrN4O2/c1-22-19(26)17(11-13-7-9-15(21)10-8-13)23-20(27)18-12-16(24-25-18)14-5-3-2-4-6-14/h2-10,12,17H,11H2,1H3,(H,22,26)(H,23,27)(H,24,25). The van der Waals surface area contributed by atoms with Gasteiger partial charge >= 0.3 is 0 Å². The summed E-state index contributed by atoms with van der Waals surface area (Å²) in [6.07, 6.45) is 0.387. The Morgan fingerprint density at radius 3 is 2.48 bits per heavy atom. The van der Waals surface area contributed by atoms with Gasteiger partial charge in [-0.15, -0.1) is 0 Å². The Balaban J connectivity index is 1.73. The van der Waals surface area contributed by atoms with Crippen LogP contribution >= 0.6 is 15.9 Å². The summed E-state index contributed by atoms with van der Waals surface area (Å²) in [5, 5.41) is 12.3. The normalized spacial score (nSPS) is 11.6. The number of aromatic amines is 1. The van der Waals surface area contributed by atoms with Gasteiger partial charge in [-0.25, -0.2) is 0 Å². The molecule has 0 fully saturated rings. The predicted octanol–water partition coefficient (Wildman–Crippen LogP) is 2.93. The van der Waals surface area contributed by atoms with E-state index in [0.29, 0.717) is 17.8 Å². The monoisotopic (exact) mass is 426 g/mol. The molecule has 0 aliphatic rings. The third kappa shape index (κ3) is 4.83. The van der Waals surface area contributed by atoms with E-state index in [4.69, 9.17) is 0 Å². The number of likely N-dealkylation sites (N-methyl/N-ethyl adjacent to an activating group) is 1. The maximum absolute atomic E-state index is 12.6. The quantitative estimate of drug-likeness (QED) is 0.566. The van der Waals surface area contributed by atoms with Crippen LogP contribution in [0.1, 0.15) is 16.1 Å². The van der Waals surface area contributed by atoms with E-state index in [2.05, 4.69) is 36.8 Å². The highest BCUT2D eigenvalue weighted by atomic mass is 79.9. The van der Waals surface area contributed by atoms with Crippen LogP contribution in [0.3, 0.4) is 0 Å². The zero-order valence-corrected chi connectivity index (χ0v) is 16.3. The number of amides is 2. The molecule has 0 aliphatic carbocycles. The molecule has 138 valence electrons. The van der Waals surface area contributed by atoms with Crippen molar-refractivity contribution in [3.63, 3.8) is 0 Å². The van der Waals surface area contributed by atoms with E-state index in [1.807, 2.05) is 54.6 Å². The SMILES string of the molecule is CNC(=O)C(Cc1ccc(Br)cc1)NC(=O)c1cc(-c2ccccc2)n[nH]1. The molecular weight excluding hydrogens is 408 g/mol. The second kappa shape index (κ2) is 8.64. The molecule has 1 heterocycles. The predicted molar refractivity (Wildman–Crippen MR) is 107 cm³/mol. The van der Waals surface area contributed by atoms with Gasteiger partial charge in [-0.3, -0.25) is 14.7 Å². The van der Waals surface area contributed by atoms with Crippen molar-refractivity contribution in [1.29, 1.82) is 0 Å². The Bertz CT molecular complexity index is 923. The molecule has 3 aromatic rings. The lowest BCUT2D eigenvalue weighted by Gasteiger charge is -2.17. The Hall–Kier alpha value is -2.93. The number of H-pyrrole nitrogens is 1. The highest BCUT2D eigenvalue weighted by Crippen LogP contribution is 2.17. The molecule has 0 radical (unpaired) electrons. The second-order valence-corrected chi connectivity index (χ2v) is 6.92. The Labute approximate surface area is 165 Å². The minimum Gasteiger partial charge on any atom is -0.357 e. The van der Waals surface area contributed by atoms with Crippen molar-refractivity contribution in [2.75, 3.05) is 7.05 Å². The van der Waals surface area contributed by atoms with Crippen LogP contribution in [0.2, 0.25) is 0 Å². The first-order valence-corrected chi connectivity index (χ1v) is 9.24. The fraction of sp³-hybridized carbons (Fsp3) is 0.150. The fourth-order valence-corrected chi connectivity index (χ4v) is 2.93. The van der Waals surface area contributed by atoms with Crippen LogP contribution in [0, 0.1) is 0 Å². The number of halogens is 1. The van der Waals surface area contributed by atoms with Crippen LogP contribution in [0.5, 0.6) is 0 Å². The Kier molecular flexibility index (Phi) is 6.03. The van der Waals surface area contributed by atoms with Gasteiger partial charge in [-0.05, 0) is 23.8 Å². The summed E-state index contributed by atoms with van der Waals surface area (Å²) >= 11 is 3.39. The van der Waals surface area contributed by atoms with E-state index in [1.54, 1.807) is 13.1 Å². The summed E-state index contributed by atoms with van der Waals surface area (Å²) in [7, 11) is 1.55. The van der Waals surface area contributed by atoms with Gasteiger partial charge in [0, 0.05) is 23.5 Å². The Morgan fingerprint density at radius 1 is 1.11 bits per heavy atom. The van der Waals surface area contributed by atoms with Crippen molar-refractivity contribution in [3.05, 3.63) is 76.4 Å². The topological polar surface area (TPSA) is 86.9 Å². The van der Waals surface area contributed by atoms with Crippen LogP contribution in [-0.2, 0) is 11.2 Å². The van der Waals surface area contributed by atoms with Gasteiger partial charge in [0.05, 0.1) is 5.69 Å². The summed E-state index contributed by atoms with van der Waals surface area (Å²) < 4.78 is 0.956. The van der Waals surface area contributed by atoms with E-state index in [1.165, 1.54) is 0 Å². The number of aromatic nitrogens is 2. The van der Waals surface area contributed by atoms with Crippen molar-refractivity contribution in [2.45, 2.75) is 12.5 Å². The zero-order chi connectivity index (χ0) is 19.2. The number of nitrogens with zero attached hydrogens (tertiary/aromatic N) is 1. The van der Waals surface area contributed by atoms with E-state index < -0.39 is 6.04 Å². The average molecular weight is 427 g/mol. The number of carbonyl (C=O) groups is 2. The van der Waals surface area contributed by atoms with Crippen molar-refractivity contribution >= 4 is 27.7 Å². The summed E-state index contributed by atoms with van der Waals surface area (Å²) in [5.41, 5.74) is 2.83. The number of rotatable bonds is 6. The molecule has 1 unspecified atom stereocenters. The summed E-state index contributed by atoms with van der Waals surface area (Å²) in [6.45, 7) is 0. The van der Waals surface area contributed by atoms with Gasteiger partial charge in [0.2, 0.25) is 5.91 Å². The van der Waals surface area contributed by atoms with Crippen molar-refractivity contribution in [1.82, 2.24) is 20.8 Å². The maximum Gasteiger partial charge on any atom is 0.269 e. The van der Waals surface area contributed by atoms with Crippen molar-refractivity contribution in [2.24, 2.45) is 0 Å². The first-order valence-electron chi connectivity index (χ1n) is 8.44. The maximum atomic E-state index is 12.6. The van der Waals surface area contributed by atoms with Crippen LogP contribution < -0.4 is 10.6 Å². The van der Waals surface area contributed by atoms with Gasteiger partial charge in [0.15, 0.2) is 0 Å².